The van der Waals surface area contributed by atoms with Gasteiger partial charge in [0.05, 0.1) is 6.61 Å². The Morgan fingerprint density at radius 3 is 2.77 bits per heavy atom. The smallest absolute Gasteiger partial charge is 0.329 e. The monoisotopic (exact) mass is 260 g/mol. The van der Waals surface area contributed by atoms with Gasteiger partial charge in [-0.25, -0.2) is 4.62 Å². The number of unbranched alkanes of at least 4 members (excludes halogenated alkanes) is 1. The Morgan fingerprint density at radius 2 is 2.23 bits per heavy atom. The van der Waals surface area contributed by atoms with Gasteiger partial charge in [0, 0.05) is 32.6 Å². The fourth-order valence-electron chi connectivity index (χ4n) is 0.498. The molecule has 1 unspecified atom stereocenters. The first-order chi connectivity index (χ1) is 5.81. The van der Waals surface area contributed by atoms with E-state index in [1.54, 1.807) is 0 Å². The zero-order valence-corrected chi connectivity index (χ0v) is 12.0. The molecule has 3 N–H and O–H groups in total. The van der Waals surface area contributed by atoms with Crippen LogP contribution in [0.25, 0.3) is 0 Å². The maximum Gasteiger partial charge on any atom is 0.335 e. The summed E-state index contributed by atoms with van der Waals surface area (Å²) in [5.41, 5.74) is 7.61. The van der Waals surface area contributed by atoms with Crippen LogP contribution in [0.5, 0.6) is 0 Å². The SMILES string of the molecule is CCCCO[PH](=O)ONCCN.[Zn]. The van der Waals surface area contributed by atoms with Gasteiger partial charge < -0.3 is 10.3 Å². The third-order valence-corrected chi connectivity index (χ3v) is 1.87. The van der Waals surface area contributed by atoms with Gasteiger partial charge in [-0.1, -0.05) is 13.3 Å². The molecule has 13 heavy (non-hydrogen) atoms. The molecule has 0 aromatic rings. The van der Waals surface area contributed by atoms with Gasteiger partial charge in [-0.05, 0) is 6.42 Å². The fraction of sp³-hybridized carbons (Fsp3) is 1.00. The van der Waals surface area contributed by atoms with Crippen LogP contribution in [0.2, 0.25) is 0 Å². The van der Waals surface area contributed by atoms with Crippen LogP contribution in [0.4, 0.5) is 0 Å². The molecule has 0 aliphatic heterocycles. The second kappa shape index (κ2) is 12.7. The minimum absolute atomic E-state index is 0. The molecule has 5 nitrogen and oxygen atoms in total. The second-order valence-corrected chi connectivity index (χ2v) is 3.23. The predicted octanol–water partition coefficient (Wildman–Crippen LogP) is 0.670. The molecule has 0 radical (unpaired) electrons. The van der Waals surface area contributed by atoms with Crippen molar-refractivity contribution in [2.75, 3.05) is 19.7 Å². The third-order valence-electron chi connectivity index (χ3n) is 1.12. The number of hydroxylamine groups is 1. The molecule has 0 saturated carbocycles. The topological polar surface area (TPSA) is 73.6 Å². The van der Waals surface area contributed by atoms with Crippen LogP contribution in [-0.4, -0.2) is 19.7 Å². The van der Waals surface area contributed by atoms with E-state index >= 15 is 0 Å². The summed E-state index contributed by atoms with van der Waals surface area (Å²) < 4.78 is 20.3. The fourth-order valence-corrected chi connectivity index (χ4v) is 1.09. The summed E-state index contributed by atoms with van der Waals surface area (Å²) in [6.45, 7) is 3.45. The first-order valence-corrected chi connectivity index (χ1v) is 5.30. The molecule has 76 valence electrons. The molecule has 0 rings (SSSR count). The number of nitrogens with one attached hydrogen (secondary N) is 1. The van der Waals surface area contributed by atoms with Gasteiger partial charge in [0.25, 0.3) is 0 Å². The Hall–Kier alpha value is 0.693. The van der Waals surface area contributed by atoms with E-state index in [9.17, 15) is 4.57 Å². The quantitative estimate of drug-likeness (QED) is 0.291. The van der Waals surface area contributed by atoms with Crippen molar-refractivity contribution in [3.63, 3.8) is 0 Å². The van der Waals surface area contributed by atoms with Crippen molar-refractivity contribution in [1.29, 1.82) is 0 Å². The van der Waals surface area contributed by atoms with Crippen LogP contribution >= 0.6 is 8.25 Å². The summed E-state index contributed by atoms with van der Waals surface area (Å²) in [5.74, 6) is 0. The summed E-state index contributed by atoms with van der Waals surface area (Å²) >= 11 is 0. The van der Waals surface area contributed by atoms with Crippen molar-refractivity contribution in [3.8, 4) is 0 Å². The van der Waals surface area contributed by atoms with Crippen LogP contribution in [0.1, 0.15) is 19.8 Å². The molecule has 0 bridgehead atoms. The maximum atomic E-state index is 10.8. The Morgan fingerprint density at radius 1 is 1.54 bits per heavy atom. The molecule has 0 amide bonds. The summed E-state index contributed by atoms with van der Waals surface area (Å²) in [4.78, 5) is 0. The predicted molar refractivity (Wildman–Crippen MR) is 48.0 cm³/mol. The number of rotatable bonds is 8. The van der Waals surface area contributed by atoms with Crippen LogP contribution in [0.15, 0.2) is 0 Å². The molecule has 0 aromatic heterocycles. The number of hydrogen-bond acceptors (Lipinski definition) is 5. The molecular formula is C6H17N2O3PZn. The van der Waals surface area contributed by atoms with E-state index in [4.69, 9.17) is 10.3 Å². The molecular weight excluding hydrogens is 244 g/mol. The van der Waals surface area contributed by atoms with Gasteiger partial charge >= 0.3 is 8.25 Å². The van der Waals surface area contributed by atoms with E-state index in [0.29, 0.717) is 19.7 Å². The van der Waals surface area contributed by atoms with E-state index < -0.39 is 8.25 Å². The largest absolute Gasteiger partial charge is 0.335 e. The van der Waals surface area contributed by atoms with Crippen molar-refractivity contribution < 1.29 is 33.2 Å². The molecule has 0 aliphatic rings. The van der Waals surface area contributed by atoms with Gasteiger partial charge in [-0.3, -0.25) is 4.57 Å². The van der Waals surface area contributed by atoms with Crippen LogP contribution in [0.3, 0.4) is 0 Å². The molecule has 1 atom stereocenters. The minimum Gasteiger partial charge on any atom is -0.329 e. The van der Waals surface area contributed by atoms with E-state index in [0.717, 1.165) is 12.8 Å². The van der Waals surface area contributed by atoms with E-state index in [1.165, 1.54) is 0 Å². The Bertz CT molecular complexity index is 116. The van der Waals surface area contributed by atoms with Gasteiger partial charge in [0.1, 0.15) is 0 Å². The molecule has 7 heteroatoms. The van der Waals surface area contributed by atoms with E-state index in [-0.39, 0.29) is 19.5 Å². The normalized spacial score (nSPS) is 12.2. The first kappa shape index (κ1) is 16.1. The summed E-state index contributed by atoms with van der Waals surface area (Å²) in [7, 11) is -2.35. The molecule has 0 saturated heterocycles. The van der Waals surface area contributed by atoms with Crippen molar-refractivity contribution in [3.05, 3.63) is 0 Å². The first-order valence-electron chi connectivity index (χ1n) is 4.07. The van der Waals surface area contributed by atoms with Crippen molar-refractivity contribution >= 4 is 8.25 Å². The van der Waals surface area contributed by atoms with Gasteiger partial charge in [0.2, 0.25) is 0 Å². The van der Waals surface area contributed by atoms with Gasteiger partial charge in [-0.2, -0.15) is 5.48 Å². The maximum absolute atomic E-state index is 10.8. The standard InChI is InChI=1S/C6H17N2O3P.Zn/c1-2-3-6-10-12(9)11-8-5-4-7;/h8,12H,2-7H2,1H3;. The van der Waals surface area contributed by atoms with Crippen molar-refractivity contribution in [1.82, 2.24) is 5.48 Å². The minimum atomic E-state index is -2.35. The second-order valence-electron chi connectivity index (χ2n) is 2.24. The Labute approximate surface area is 92.4 Å². The van der Waals surface area contributed by atoms with Crippen LogP contribution < -0.4 is 11.2 Å². The summed E-state index contributed by atoms with van der Waals surface area (Å²) in [6, 6.07) is 0. The average Bonchev–Trinajstić information content (AvgIpc) is 2.06. The Kier molecular flexibility index (Phi) is 15.8. The molecule has 0 aliphatic carbocycles. The zero-order valence-electron chi connectivity index (χ0n) is 8.04. The Balaban J connectivity index is 0. The van der Waals surface area contributed by atoms with Crippen molar-refractivity contribution in [2.45, 2.75) is 19.8 Å². The average molecular weight is 262 g/mol. The zero-order chi connectivity index (χ0) is 9.23. The molecule has 0 spiro atoms. The number of nitrogens with two attached hydrogens (primary N) is 1. The molecule has 0 heterocycles. The van der Waals surface area contributed by atoms with E-state index in [2.05, 4.69) is 10.1 Å². The molecule has 0 fully saturated rings. The van der Waals surface area contributed by atoms with Crippen molar-refractivity contribution in [2.24, 2.45) is 5.73 Å². The van der Waals surface area contributed by atoms with Crippen LogP contribution in [-0.2, 0) is 33.2 Å². The van der Waals surface area contributed by atoms with Gasteiger partial charge in [-0.15, -0.1) is 0 Å². The summed E-state index contributed by atoms with van der Waals surface area (Å²) in [5, 5.41) is 0. The van der Waals surface area contributed by atoms with Crippen LogP contribution in [0, 0.1) is 0 Å². The molecule has 0 aromatic carbocycles. The third kappa shape index (κ3) is 12.7. The van der Waals surface area contributed by atoms with E-state index in [1.807, 2.05) is 6.92 Å². The van der Waals surface area contributed by atoms with Gasteiger partial charge in [0.15, 0.2) is 0 Å². The summed E-state index contributed by atoms with van der Waals surface area (Å²) in [6.07, 6.45) is 1.92. The number of hydrogen-bond donors (Lipinski definition) is 2.